The Hall–Kier alpha value is -0.570. The van der Waals surface area contributed by atoms with E-state index in [1.165, 1.54) is 0 Å². The third-order valence-corrected chi connectivity index (χ3v) is 2.08. The summed E-state index contributed by atoms with van der Waals surface area (Å²) in [5, 5.41) is 9.28. The number of hydrogen-bond acceptors (Lipinski definition) is 3. The summed E-state index contributed by atoms with van der Waals surface area (Å²) >= 11 is 0. The van der Waals surface area contributed by atoms with Gasteiger partial charge in [0, 0.05) is 6.54 Å². The van der Waals surface area contributed by atoms with Crippen LogP contribution in [0.4, 0.5) is 0 Å². The Balaban J connectivity index is 2.13. The van der Waals surface area contributed by atoms with Crippen LogP contribution in [0, 0.1) is 0 Å². The Morgan fingerprint density at radius 2 is 2.56 bits per heavy atom. The molecule has 0 bridgehead atoms. The first-order chi connectivity index (χ1) is 4.38. The predicted molar refractivity (Wildman–Crippen MR) is 34.5 cm³/mol. The number of nitrogens with zero attached hydrogens (tertiary/aromatic N) is 2. The standard InChI is InChI=1S/C6H10N2O/c9-6-1-2-8-4-7-3-5(6)8/h4-6,9H,1-3H2. The maximum Gasteiger partial charge on any atom is 0.0854 e. The molecule has 2 atom stereocenters. The lowest BCUT2D eigenvalue weighted by Crippen LogP contribution is -2.31. The van der Waals surface area contributed by atoms with Crippen molar-refractivity contribution >= 4 is 6.34 Å². The fourth-order valence-electron chi connectivity index (χ4n) is 1.49. The van der Waals surface area contributed by atoms with Crippen LogP contribution in [0.5, 0.6) is 0 Å². The molecule has 0 aromatic rings. The lowest BCUT2D eigenvalue weighted by atomic mass is 10.2. The molecule has 0 saturated carbocycles. The molecule has 2 heterocycles. The Bertz CT molecular complexity index is 146. The normalized spacial score (nSPS) is 39.9. The molecule has 0 aliphatic carbocycles. The fourth-order valence-corrected chi connectivity index (χ4v) is 1.49. The monoisotopic (exact) mass is 126 g/mol. The first-order valence-corrected chi connectivity index (χ1v) is 3.32. The zero-order valence-corrected chi connectivity index (χ0v) is 5.20. The van der Waals surface area contributed by atoms with Gasteiger partial charge in [0.2, 0.25) is 0 Å². The van der Waals surface area contributed by atoms with Gasteiger partial charge < -0.3 is 10.0 Å². The molecular weight excluding hydrogens is 116 g/mol. The minimum Gasteiger partial charge on any atom is -0.391 e. The average molecular weight is 126 g/mol. The highest BCUT2D eigenvalue weighted by Crippen LogP contribution is 2.19. The average Bonchev–Trinajstić information content (AvgIpc) is 2.35. The number of aliphatic hydroxyl groups excluding tert-OH is 1. The summed E-state index contributed by atoms with van der Waals surface area (Å²) in [6, 6.07) is 0.310. The second-order valence-corrected chi connectivity index (χ2v) is 2.64. The molecule has 3 nitrogen and oxygen atoms in total. The van der Waals surface area contributed by atoms with Gasteiger partial charge in [-0.3, -0.25) is 4.99 Å². The first kappa shape index (κ1) is 5.23. The number of aliphatic imine (C=N–C) groups is 1. The Morgan fingerprint density at radius 1 is 1.67 bits per heavy atom. The fraction of sp³-hybridized carbons (Fsp3) is 0.833. The Labute approximate surface area is 54.0 Å². The van der Waals surface area contributed by atoms with Gasteiger partial charge in [0.05, 0.1) is 25.0 Å². The van der Waals surface area contributed by atoms with E-state index in [4.69, 9.17) is 0 Å². The van der Waals surface area contributed by atoms with E-state index < -0.39 is 0 Å². The maximum absolute atomic E-state index is 9.28. The molecular formula is C6H10N2O. The lowest BCUT2D eigenvalue weighted by molar-refractivity contribution is 0.149. The van der Waals surface area contributed by atoms with Crippen molar-refractivity contribution in [2.24, 2.45) is 4.99 Å². The van der Waals surface area contributed by atoms with Crippen LogP contribution in [0.15, 0.2) is 4.99 Å². The van der Waals surface area contributed by atoms with Gasteiger partial charge in [0.15, 0.2) is 0 Å². The van der Waals surface area contributed by atoms with Crippen molar-refractivity contribution in [3.05, 3.63) is 0 Å². The van der Waals surface area contributed by atoms with Crippen molar-refractivity contribution in [1.29, 1.82) is 0 Å². The maximum atomic E-state index is 9.28. The Kier molecular flexibility index (Phi) is 0.990. The Morgan fingerprint density at radius 3 is 3.33 bits per heavy atom. The van der Waals surface area contributed by atoms with Crippen molar-refractivity contribution in [2.75, 3.05) is 13.1 Å². The molecule has 2 aliphatic rings. The third-order valence-electron chi connectivity index (χ3n) is 2.08. The van der Waals surface area contributed by atoms with Gasteiger partial charge in [-0.1, -0.05) is 0 Å². The molecule has 2 unspecified atom stereocenters. The van der Waals surface area contributed by atoms with Crippen molar-refractivity contribution < 1.29 is 5.11 Å². The quantitative estimate of drug-likeness (QED) is 0.473. The van der Waals surface area contributed by atoms with E-state index in [1.807, 2.05) is 6.34 Å². The minimum atomic E-state index is -0.132. The first-order valence-electron chi connectivity index (χ1n) is 3.32. The molecule has 0 amide bonds. The van der Waals surface area contributed by atoms with E-state index in [0.717, 1.165) is 19.5 Å². The summed E-state index contributed by atoms with van der Waals surface area (Å²) in [7, 11) is 0. The number of rotatable bonds is 0. The van der Waals surface area contributed by atoms with Gasteiger partial charge in [0.1, 0.15) is 0 Å². The molecule has 1 N–H and O–H groups in total. The topological polar surface area (TPSA) is 35.8 Å². The summed E-state index contributed by atoms with van der Waals surface area (Å²) in [6.45, 7) is 1.77. The molecule has 1 fully saturated rings. The van der Waals surface area contributed by atoms with Gasteiger partial charge in [0.25, 0.3) is 0 Å². The van der Waals surface area contributed by atoms with Gasteiger partial charge in [-0.05, 0) is 6.42 Å². The van der Waals surface area contributed by atoms with Crippen LogP contribution in [-0.2, 0) is 0 Å². The zero-order valence-electron chi connectivity index (χ0n) is 5.20. The van der Waals surface area contributed by atoms with Crippen molar-refractivity contribution in [3.63, 3.8) is 0 Å². The second-order valence-electron chi connectivity index (χ2n) is 2.64. The summed E-state index contributed by atoms with van der Waals surface area (Å²) in [4.78, 5) is 6.17. The van der Waals surface area contributed by atoms with Crippen LogP contribution in [0.2, 0.25) is 0 Å². The van der Waals surface area contributed by atoms with Crippen molar-refractivity contribution in [1.82, 2.24) is 4.90 Å². The molecule has 1 saturated heterocycles. The molecule has 2 rings (SSSR count). The molecule has 0 spiro atoms. The molecule has 0 aromatic heterocycles. The predicted octanol–water partition coefficient (Wildman–Crippen LogP) is -0.536. The van der Waals surface area contributed by atoms with E-state index in [0.29, 0.717) is 6.04 Å². The summed E-state index contributed by atoms with van der Waals surface area (Å²) in [6.07, 6.45) is 2.63. The number of hydrogen-bond donors (Lipinski definition) is 1. The van der Waals surface area contributed by atoms with E-state index in [-0.39, 0.29) is 6.10 Å². The van der Waals surface area contributed by atoms with Crippen molar-refractivity contribution in [3.8, 4) is 0 Å². The minimum absolute atomic E-state index is 0.132. The molecule has 50 valence electrons. The third kappa shape index (κ3) is 0.645. The summed E-state index contributed by atoms with van der Waals surface area (Å²) in [5.41, 5.74) is 0. The SMILES string of the molecule is OC1CCN2C=NCC12. The molecule has 3 heteroatoms. The van der Waals surface area contributed by atoms with Gasteiger partial charge in [-0.2, -0.15) is 0 Å². The van der Waals surface area contributed by atoms with E-state index >= 15 is 0 Å². The van der Waals surface area contributed by atoms with Crippen LogP contribution in [-0.4, -0.2) is 41.6 Å². The van der Waals surface area contributed by atoms with Crippen LogP contribution in [0.25, 0.3) is 0 Å². The van der Waals surface area contributed by atoms with Gasteiger partial charge in [-0.15, -0.1) is 0 Å². The molecule has 0 radical (unpaired) electrons. The van der Waals surface area contributed by atoms with Gasteiger partial charge in [-0.25, -0.2) is 0 Å². The van der Waals surface area contributed by atoms with Crippen LogP contribution >= 0.6 is 0 Å². The number of fused-ring (bicyclic) bond motifs is 1. The highest BCUT2D eigenvalue weighted by Gasteiger charge is 2.33. The van der Waals surface area contributed by atoms with Gasteiger partial charge >= 0.3 is 0 Å². The highest BCUT2D eigenvalue weighted by molar-refractivity contribution is 5.59. The molecule has 9 heavy (non-hydrogen) atoms. The second kappa shape index (κ2) is 1.70. The van der Waals surface area contributed by atoms with Crippen LogP contribution in [0.3, 0.4) is 0 Å². The van der Waals surface area contributed by atoms with E-state index in [2.05, 4.69) is 9.89 Å². The van der Waals surface area contributed by atoms with E-state index in [9.17, 15) is 5.11 Å². The molecule has 0 aromatic carbocycles. The van der Waals surface area contributed by atoms with Crippen LogP contribution < -0.4 is 0 Å². The van der Waals surface area contributed by atoms with Crippen LogP contribution in [0.1, 0.15) is 6.42 Å². The van der Waals surface area contributed by atoms with E-state index in [1.54, 1.807) is 0 Å². The highest BCUT2D eigenvalue weighted by atomic mass is 16.3. The summed E-state index contributed by atoms with van der Waals surface area (Å²) in [5.74, 6) is 0. The number of aliphatic hydroxyl groups is 1. The largest absolute Gasteiger partial charge is 0.391 e. The smallest absolute Gasteiger partial charge is 0.0854 e. The molecule has 2 aliphatic heterocycles. The summed E-state index contributed by atoms with van der Waals surface area (Å²) < 4.78 is 0. The zero-order chi connectivity index (χ0) is 6.27. The van der Waals surface area contributed by atoms with Crippen molar-refractivity contribution in [2.45, 2.75) is 18.6 Å². The lowest BCUT2D eigenvalue weighted by Gasteiger charge is -2.14.